The van der Waals surface area contributed by atoms with E-state index >= 15 is 0 Å². The lowest BCUT2D eigenvalue weighted by Gasteiger charge is -2.30. The van der Waals surface area contributed by atoms with Gasteiger partial charge in [-0.05, 0) is 18.6 Å². The van der Waals surface area contributed by atoms with Gasteiger partial charge in [0.25, 0.3) is 0 Å². The molecule has 3 rings (SSSR count). The number of imidazole rings is 1. The second-order valence-corrected chi connectivity index (χ2v) is 19.1. The number of phosphoric ester groups is 3. The topological polar surface area (TPSA) is 401 Å². The van der Waals surface area contributed by atoms with Crippen molar-refractivity contribution in [1.82, 2.24) is 30.2 Å². The van der Waals surface area contributed by atoms with Crippen LogP contribution in [-0.4, -0.2) is 140 Å². The number of ketones is 1. The minimum atomic E-state index is -5.58. The number of nitrogens with zero attached hydrogens (tertiary/aromatic N) is 4. The van der Waals surface area contributed by atoms with Crippen molar-refractivity contribution in [3.63, 3.8) is 0 Å². The number of phosphoric acid groups is 3. The summed E-state index contributed by atoms with van der Waals surface area (Å²) in [5, 5.41) is 35.1. The van der Waals surface area contributed by atoms with Crippen molar-refractivity contribution in [2.45, 2.75) is 83.0 Å². The third-order valence-electron chi connectivity index (χ3n) is 8.24. The first-order chi connectivity index (χ1) is 27.4. The number of nitrogens with one attached hydrogen (secondary N) is 2. The van der Waals surface area contributed by atoms with Crippen LogP contribution >= 0.6 is 35.2 Å². The monoisotopic (exact) mass is 923 g/mol. The molecule has 0 bridgehead atoms. The lowest BCUT2D eigenvalue weighted by molar-refractivity contribution is -0.140. The van der Waals surface area contributed by atoms with Crippen LogP contribution in [-0.2, 0) is 55.5 Å². The number of nitrogen functional groups attached to an aromatic ring is 1. The number of hydrogen-bond donors (Lipinski definition) is 10. The number of rotatable bonds is 27. The predicted molar refractivity (Wildman–Crippen MR) is 203 cm³/mol. The standard InChI is InChI=1S/C29H48N7O19P3S/c1-29(2,24(42)27(43)32-8-7-19(38)31-9-11-59-10-5-3-4-6-17(37)12-20(39)40)14-52-58(49,50)55-57(47,48)51-13-18-23(54-56(44,45)46)22(41)28(53-18)36-16-35-21-25(30)33-15-34-26(21)36/h15-16,18,22-24,28,41-42H,3-14H2,1-2H3,(H,31,38)(H,32,43)(H,39,40)(H,47,48)(H,49,50)(H2,30,33,34)(H2,44,45,46)/t18-,22-,23-,24?,28-/m1/s1. The SMILES string of the molecule is CC(C)(COP(=O)(O)OP(=O)(O)OC[C@H]1O[C@@H](n2cnc3c(N)ncnc32)[C@H](O)[C@@H]1OP(=O)(O)O)C(O)C(=O)NCCC(=O)NCCSCCCCCC(=O)CC(=O)O. The van der Waals surface area contributed by atoms with Crippen molar-refractivity contribution in [3.05, 3.63) is 12.7 Å². The van der Waals surface area contributed by atoms with E-state index in [1.54, 1.807) is 11.8 Å². The van der Waals surface area contributed by atoms with Gasteiger partial charge in [-0.25, -0.2) is 28.6 Å². The van der Waals surface area contributed by atoms with Crippen LogP contribution in [0.1, 0.15) is 58.6 Å². The number of aromatic nitrogens is 4. The highest BCUT2D eigenvalue weighted by molar-refractivity contribution is 7.99. The summed E-state index contributed by atoms with van der Waals surface area (Å²) < 4.78 is 62.1. The molecule has 1 fully saturated rings. The fourth-order valence-electron chi connectivity index (χ4n) is 5.26. The number of aliphatic hydroxyl groups excluding tert-OH is 2. The van der Waals surface area contributed by atoms with E-state index in [0.29, 0.717) is 18.7 Å². The number of aliphatic carboxylic acids is 1. The van der Waals surface area contributed by atoms with Crippen LogP contribution in [0.2, 0.25) is 0 Å². The quantitative estimate of drug-likeness (QED) is 0.0313. The normalized spacial score (nSPS) is 21.1. The summed E-state index contributed by atoms with van der Waals surface area (Å²) in [6.07, 6.45) is -4.97. The smallest absolute Gasteiger partial charge is 0.481 e. The summed E-state index contributed by atoms with van der Waals surface area (Å²) >= 11 is 1.58. The molecule has 0 aromatic carbocycles. The van der Waals surface area contributed by atoms with Crippen LogP contribution < -0.4 is 16.4 Å². The molecule has 7 atom stereocenters. The lowest BCUT2D eigenvalue weighted by Crippen LogP contribution is -2.46. The molecule has 1 aliphatic rings. The number of carbonyl (C=O) groups excluding carboxylic acids is 3. The van der Waals surface area contributed by atoms with Crippen molar-refractivity contribution < 1.29 is 90.4 Å². The van der Waals surface area contributed by atoms with Crippen molar-refractivity contribution >= 4 is 75.8 Å². The van der Waals surface area contributed by atoms with Crippen LogP contribution in [0.4, 0.5) is 5.82 Å². The van der Waals surface area contributed by atoms with E-state index in [9.17, 15) is 62.7 Å². The van der Waals surface area contributed by atoms with Gasteiger partial charge in [-0.2, -0.15) is 16.1 Å². The zero-order chi connectivity index (χ0) is 44.2. The van der Waals surface area contributed by atoms with Crippen LogP contribution in [0.3, 0.4) is 0 Å². The van der Waals surface area contributed by atoms with Crippen LogP contribution in [0.25, 0.3) is 11.2 Å². The number of aliphatic hydroxyl groups is 2. The highest BCUT2D eigenvalue weighted by Gasteiger charge is 2.50. The van der Waals surface area contributed by atoms with Gasteiger partial charge < -0.3 is 56.0 Å². The first kappa shape index (κ1) is 50.4. The van der Waals surface area contributed by atoms with Crippen molar-refractivity contribution in [3.8, 4) is 0 Å². The molecule has 0 aliphatic carbocycles. The Hall–Kier alpha value is -2.97. The number of carbonyl (C=O) groups is 4. The summed E-state index contributed by atoms with van der Waals surface area (Å²) in [5.74, 6) is -1.47. The van der Waals surface area contributed by atoms with Gasteiger partial charge in [0, 0.05) is 37.1 Å². The number of ether oxygens (including phenoxy) is 1. The summed E-state index contributed by atoms with van der Waals surface area (Å²) in [6, 6.07) is 0. The number of nitrogens with two attached hydrogens (primary N) is 1. The van der Waals surface area contributed by atoms with Gasteiger partial charge in [-0.15, -0.1) is 0 Å². The number of amides is 2. The van der Waals surface area contributed by atoms with E-state index < -0.39 is 91.0 Å². The van der Waals surface area contributed by atoms with Crippen molar-refractivity contribution in [2.75, 3.05) is 43.5 Å². The Morgan fingerprint density at radius 1 is 0.983 bits per heavy atom. The molecular formula is C29H48N7O19P3S. The van der Waals surface area contributed by atoms with Gasteiger partial charge in [-0.1, -0.05) is 20.3 Å². The largest absolute Gasteiger partial charge is 0.481 e. The molecule has 0 spiro atoms. The Labute approximate surface area is 340 Å². The molecule has 3 unspecified atom stereocenters. The number of fused-ring (bicyclic) bond motifs is 1. The molecule has 1 saturated heterocycles. The Kier molecular flexibility index (Phi) is 19.0. The molecule has 2 aromatic rings. The van der Waals surface area contributed by atoms with E-state index in [1.165, 1.54) is 13.8 Å². The van der Waals surface area contributed by atoms with Crippen molar-refractivity contribution in [2.24, 2.45) is 5.41 Å². The van der Waals surface area contributed by atoms with E-state index in [1.807, 2.05) is 0 Å². The number of Topliss-reactive ketones (excluding diaryl/α,β-unsaturated/α-hetero) is 1. The molecule has 30 heteroatoms. The molecule has 11 N–H and O–H groups in total. The first-order valence-corrected chi connectivity index (χ1v) is 23.3. The zero-order valence-corrected chi connectivity index (χ0v) is 35.2. The number of hydrogen-bond acceptors (Lipinski definition) is 19. The third kappa shape index (κ3) is 16.8. The second-order valence-electron chi connectivity index (χ2n) is 13.6. The molecule has 0 saturated carbocycles. The summed E-state index contributed by atoms with van der Waals surface area (Å²) in [4.78, 5) is 97.5. The summed E-state index contributed by atoms with van der Waals surface area (Å²) in [7, 11) is -16.4. The first-order valence-electron chi connectivity index (χ1n) is 17.6. The minimum absolute atomic E-state index is 0.0261. The zero-order valence-electron chi connectivity index (χ0n) is 31.7. The maximum absolute atomic E-state index is 12.7. The Bertz CT molecular complexity index is 1920. The number of anilines is 1. The predicted octanol–water partition coefficient (Wildman–Crippen LogP) is -0.258. The molecule has 3 heterocycles. The second kappa shape index (κ2) is 22.2. The molecule has 26 nitrogen and oxygen atoms in total. The molecule has 1 aliphatic heterocycles. The van der Waals surface area contributed by atoms with Crippen LogP contribution in [0.5, 0.6) is 0 Å². The fraction of sp³-hybridized carbons (Fsp3) is 0.690. The summed E-state index contributed by atoms with van der Waals surface area (Å²) in [5.41, 5.74) is 4.25. The van der Waals surface area contributed by atoms with Gasteiger partial charge in [0.05, 0.1) is 19.5 Å². The number of carboxylic acid groups (broad SMARTS) is 1. The minimum Gasteiger partial charge on any atom is -0.481 e. The number of carboxylic acids is 1. The Balaban J connectivity index is 1.41. The molecule has 0 radical (unpaired) electrons. The Morgan fingerprint density at radius 2 is 1.68 bits per heavy atom. The van der Waals surface area contributed by atoms with Gasteiger partial charge in [-0.3, -0.25) is 37.3 Å². The molecule has 2 aromatic heterocycles. The van der Waals surface area contributed by atoms with Gasteiger partial charge in [0.2, 0.25) is 11.8 Å². The van der Waals surface area contributed by atoms with Gasteiger partial charge in [0.1, 0.15) is 48.5 Å². The molecule has 334 valence electrons. The Morgan fingerprint density at radius 3 is 2.36 bits per heavy atom. The van der Waals surface area contributed by atoms with E-state index in [0.717, 1.165) is 35.8 Å². The van der Waals surface area contributed by atoms with Gasteiger partial charge in [0.15, 0.2) is 17.7 Å². The number of thioether (sulfide) groups is 1. The lowest BCUT2D eigenvalue weighted by atomic mass is 9.87. The number of unbranched alkanes of at least 4 members (excludes halogenated alkanes) is 2. The molecular weight excluding hydrogens is 875 g/mol. The van der Waals surface area contributed by atoms with E-state index in [-0.39, 0.29) is 48.1 Å². The van der Waals surface area contributed by atoms with Crippen molar-refractivity contribution in [1.29, 1.82) is 0 Å². The molecule has 59 heavy (non-hydrogen) atoms. The summed E-state index contributed by atoms with van der Waals surface area (Å²) in [6.45, 7) is 0.641. The average molecular weight is 924 g/mol. The van der Waals surface area contributed by atoms with E-state index in [2.05, 4.69) is 34.4 Å². The maximum Gasteiger partial charge on any atom is 0.481 e. The fourth-order valence-corrected chi connectivity index (χ4v) is 8.95. The van der Waals surface area contributed by atoms with Crippen LogP contribution in [0, 0.1) is 5.41 Å². The van der Waals surface area contributed by atoms with E-state index in [4.69, 9.17) is 24.6 Å². The highest BCUT2D eigenvalue weighted by Crippen LogP contribution is 2.61. The third-order valence-corrected chi connectivity index (χ3v) is 12.4. The van der Waals surface area contributed by atoms with Crippen LogP contribution in [0.15, 0.2) is 12.7 Å². The molecule has 2 amide bonds. The highest BCUT2D eigenvalue weighted by atomic mass is 32.2. The maximum atomic E-state index is 12.7. The average Bonchev–Trinajstić information content (AvgIpc) is 3.68. The van der Waals surface area contributed by atoms with Gasteiger partial charge >= 0.3 is 29.4 Å².